The zero-order valence-electron chi connectivity index (χ0n) is 14.1. The summed E-state index contributed by atoms with van der Waals surface area (Å²) in [5.74, 6) is 0.172. The molecule has 3 heteroatoms. The summed E-state index contributed by atoms with van der Waals surface area (Å²) in [4.78, 5) is 0. The predicted octanol–water partition coefficient (Wildman–Crippen LogP) is 4.67. The summed E-state index contributed by atoms with van der Waals surface area (Å²) in [6.45, 7) is 5.87. The van der Waals surface area contributed by atoms with E-state index < -0.39 is 5.41 Å². The van der Waals surface area contributed by atoms with Gasteiger partial charge in [-0.05, 0) is 56.6 Å². The highest BCUT2D eigenvalue weighted by Crippen LogP contribution is 2.39. The first-order valence-corrected chi connectivity index (χ1v) is 7.99. The van der Waals surface area contributed by atoms with Crippen molar-refractivity contribution in [1.82, 2.24) is 0 Å². The van der Waals surface area contributed by atoms with Crippen LogP contribution in [0.3, 0.4) is 0 Å². The Bertz CT molecular complexity index is 644. The van der Waals surface area contributed by atoms with Crippen molar-refractivity contribution < 1.29 is 15.3 Å². The maximum atomic E-state index is 10.2. The molecule has 0 saturated carbocycles. The molecule has 2 rings (SSSR count). The average Bonchev–Trinajstić information content (AvgIpc) is 2.58. The third-order valence-corrected chi connectivity index (χ3v) is 4.47. The second-order valence-electron chi connectivity index (χ2n) is 6.74. The highest BCUT2D eigenvalue weighted by molar-refractivity contribution is 5.38. The van der Waals surface area contributed by atoms with Gasteiger partial charge in [-0.15, -0.1) is 0 Å². The van der Waals surface area contributed by atoms with E-state index in [2.05, 4.69) is 6.08 Å². The van der Waals surface area contributed by atoms with Gasteiger partial charge in [-0.2, -0.15) is 0 Å². The lowest BCUT2D eigenvalue weighted by molar-refractivity contribution is 0.192. The van der Waals surface area contributed by atoms with Gasteiger partial charge in [-0.25, -0.2) is 0 Å². The van der Waals surface area contributed by atoms with Crippen LogP contribution in [-0.2, 0) is 0 Å². The lowest BCUT2D eigenvalue weighted by Gasteiger charge is -2.33. The second kappa shape index (κ2) is 7.05. The van der Waals surface area contributed by atoms with Crippen molar-refractivity contribution in [2.75, 3.05) is 6.61 Å². The van der Waals surface area contributed by atoms with Gasteiger partial charge in [-0.1, -0.05) is 36.3 Å². The molecule has 124 valence electrons. The largest absolute Gasteiger partial charge is 0.508 e. The Hall–Kier alpha value is -2.00. The highest BCUT2D eigenvalue weighted by atomic mass is 16.3. The maximum absolute atomic E-state index is 10.2. The topological polar surface area (TPSA) is 60.7 Å². The summed E-state index contributed by atoms with van der Waals surface area (Å²) in [6.07, 6.45) is 14.7. The van der Waals surface area contributed by atoms with Crippen molar-refractivity contribution in [2.24, 2.45) is 11.3 Å². The van der Waals surface area contributed by atoms with E-state index in [1.165, 1.54) is 0 Å². The van der Waals surface area contributed by atoms with Crippen LogP contribution >= 0.6 is 0 Å². The fourth-order valence-corrected chi connectivity index (χ4v) is 3.20. The molecule has 0 aromatic carbocycles. The van der Waals surface area contributed by atoms with Gasteiger partial charge in [0.1, 0.15) is 11.5 Å². The summed E-state index contributed by atoms with van der Waals surface area (Å²) in [6, 6.07) is 0. The highest BCUT2D eigenvalue weighted by Gasteiger charge is 2.33. The van der Waals surface area contributed by atoms with E-state index in [4.69, 9.17) is 0 Å². The summed E-state index contributed by atoms with van der Waals surface area (Å²) in [5.41, 5.74) is 2.51. The molecule has 23 heavy (non-hydrogen) atoms. The first kappa shape index (κ1) is 17.4. The van der Waals surface area contributed by atoms with Crippen LogP contribution in [0.4, 0.5) is 0 Å². The first-order chi connectivity index (χ1) is 10.8. The molecule has 0 amide bonds. The van der Waals surface area contributed by atoms with E-state index in [1.54, 1.807) is 24.3 Å². The quantitative estimate of drug-likeness (QED) is 0.664. The molecule has 3 N–H and O–H groups in total. The maximum Gasteiger partial charge on any atom is 0.115 e. The molecule has 0 aromatic heterocycles. The number of hydrogen-bond acceptors (Lipinski definition) is 3. The van der Waals surface area contributed by atoms with Gasteiger partial charge in [0.05, 0.1) is 6.61 Å². The zero-order valence-corrected chi connectivity index (χ0v) is 14.1. The molecular weight excluding hydrogens is 288 g/mol. The van der Waals surface area contributed by atoms with Gasteiger partial charge < -0.3 is 15.3 Å². The summed E-state index contributed by atoms with van der Waals surface area (Å²) in [5, 5.41) is 30.2. The third kappa shape index (κ3) is 4.26. The van der Waals surface area contributed by atoms with E-state index in [0.717, 1.165) is 29.6 Å². The summed E-state index contributed by atoms with van der Waals surface area (Å²) < 4.78 is 0. The Morgan fingerprint density at radius 1 is 1.04 bits per heavy atom. The molecule has 2 aliphatic carbocycles. The van der Waals surface area contributed by atoms with Crippen LogP contribution in [0.5, 0.6) is 0 Å². The minimum absolute atomic E-state index is 0.0675. The Morgan fingerprint density at radius 2 is 1.70 bits per heavy atom. The number of rotatable bonds is 3. The van der Waals surface area contributed by atoms with Crippen molar-refractivity contribution >= 4 is 0 Å². The van der Waals surface area contributed by atoms with E-state index >= 15 is 0 Å². The molecule has 0 heterocycles. The minimum atomic E-state index is -0.531. The van der Waals surface area contributed by atoms with Gasteiger partial charge in [-0.3, -0.25) is 0 Å². The Labute approximate surface area is 138 Å². The minimum Gasteiger partial charge on any atom is -0.508 e. The van der Waals surface area contributed by atoms with E-state index in [0.29, 0.717) is 0 Å². The van der Waals surface area contributed by atoms with Crippen molar-refractivity contribution in [1.29, 1.82) is 0 Å². The Kier molecular flexibility index (Phi) is 5.32. The van der Waals surface area contributed by atoms with Crippen molar-refractivity contribution in [2.45, 2.75) is 33.6 Å². The number of allylic oxidation sites excluding steroid dienone is 9. The number of aliphatic hydroxyl groups excluding tert-OH is 3. The molecule has 2 unspecified atom stereocenters. The van der Waals surface area contributed by atoms with Crippen LogP contribution in [0.2, 0.25) is 0 Å². The lowest BCUT2D eigenvalue weighted by Crippen LogP contribution is -2.28. The molecule has 2 atom stereocenters. The summed E-state index contributed by atoms with van der Waals surface area (Å²) in [7, 11) is 0. The fourth-order valence-electron chi connectivity index (χ4n) is 3.20. The molecule has 0 saturated heterocycles. The molecule has 0 spiro atoms. The molecule has 0 bridgehead atoms. The molecule has 0 aromatic rings. The van der Waals surface area contributed by atoms with Crippen LogP contribution in [0.1, 0.15) is 33.6 Å². The average molecular weight is 314 g/mol. The van der Waals surface area contributed by atoms with Crippen molar-refractivity contribution in [3.05, 3.63) is 70.8 Å². The van der Waals surface area contributed by atoms with Crippen LogP contribution in [0, 0.1) is 11.3 Å². The van der Waals surface area contributed by atoms with Crippen molar-refractivity contribution in [3.63, 3.8) is 0 Å². The predicted molar refractivity (Wildman–Crippen MR) is 94.1 cm³/mol. The molecule has 0 aliphatic heterocycles. The smallest absolute Gasteiger partial charge is 0.115 e. The number of aliphatic hydroxyl groups is 3. The SMILES string of the molecule is CC1=CC(O)=CC(C(CO)C2(C)/C=C\C/C(C)=C\C(O)=C/2)=CC1. The van der Waals surface area contributed by atoms with E-state index in [-0.39, 0.29) is 24.0 Å². The van der Waals surface area contributed by atoms with Crippen LogP contribution in [0.25, 0.3) is 0 Å². The van der Waals surface area contributed by atoms with Gasteiger partial charge in [0, 0.05) is 11.3 Å². The number of hydrogen-bond donors (Lipinski definition) is 3. The van der Waals surface area contributed by atoms with Crippen LogP contribution in [-0.4, -0.2) is 21.9 Å². The van der Waals surface area contributed by atoms with Gasteiger partial charge >= 0.3 is 0 Å². The van der Waals surface area contributed by atoms with Crippen LogP contribution < -0.4 is 0 Å². The van der Waals surface area contributed by atoms with Gasteiger partial charge in [0.25, 0.3) is 0 Å². The molecule has 0 fully saturated rings. The molecule has 3 nitrogen and oxygen atoms in total. The van der Waals surface area contributed by atoms with Crippen LogP contribution in [0.15, 0.2) is 70.8 Å². The monoisotopic (exact) mass is 314 g/mol. The second-order valence-corrected chi connectivity index (χ2v) is 6.74. The lowest BCUT2D eigenvalue weighted by atomic mass is 9.71. The first-order valence-electron chi connectivity index (χ1n) is 7.99. The third-order valence-electron chi connectivity index (χ3n) is 4.47. The normalized spacial score (nSPS) is 32.6. The molecule has 2 aliphatic rings. The molecular formula is C20H26O3. The van der Waals surface area contributed by atoms with Gasteiger partial charge in [0.15, 0.2) is 0 Å². The zero-order chi connectivity index (χ0) is 17.0. The Morgan fingerprint density at radius 3 is 2.39 bits per heavy atom. The van der Waals surface area contributed by atoms with E-state index in [9.17, 15) is 15.3 Å². The fraction of sp³-hybridized carbons (Fsp3) is 0.400. The van der Waals surface area contributed by atoms with E-state index in [1.807, 2.05) is 32.9 Å². The Balaban J connectivity index is 2.44. The van der Waals surface area contributed by atoms with Gasteiger partial charge in [0.2, 0.25) is 0 Å². The standard InChI is InChI=1S/C20H26O3/c1-14-5-4-8-20(3,12-18(23)10-14)19(13-21)16-7-6-15(2)9-17(22)11-16/h4,7-12,19,21-23H,5-6,13H2,1-3H3/b8-4-,14-10-,18-12+. The van der Waals surface area contributed by atoms with Crippen molar-refractivity contribution in [3.8, 4) is 0 Å². The summed E-state index contributed by atoms with van der Waals surface area (Å²) >= 11 is 0. The molecule has 0 radical (unpaired) electrons.